The van der Waals surface area contributed by atoms with E-state index in [0.717, 1.165) is 38.9 Å². The Hall–Kier alpha value is -7.47. The van der Waals surface area contributed by atoms with Crippen LogP contribution in [0, 0.1) is 0 Å². The summed E-state index contributed by atoms with van der Waals surface area (Å²) in [6.07, 6.45) is 1.29. The summed E-state index contributed by atoms with van der Waals surface area (Å²) in [5.74, 6) is -7.44. The van der Waals surface area contributed by atoms with E-state index in [1.165, 1.54) is 53.0 Å². The fourth-order valence-corrected chi connectivity index (χ4v) is 12.2. The number of nitrogens with one attached hydrogen (secondary N) is 2. The molecule has 2 saturated heterocycles. The predicted octanol–water partition coefficient (Wildman–Crippen LogP) is -1.22. The van der Waals surface area contributed by atoms with Crippen molar-refractivity contribution in [3.05, 3.63) is 56.6 Å². The minimum absolute atomic E-state index is 0.0602. The first-order valence-corrected chi connectivity index (χ1v) is 27.0. The van der Waals surface area contributed by atoms with Gasteiger partial charge in [-0.3, -0.25) is 43.4 Å². The van der Waals surface area contributed by atoms with E-state index >= 15 is 0 Å². The van der Waals surface area contributed by atoms with Gasteiger partial charge in [-0.15, -0.1) is 46.2 Å². The number of carbonyl (C=O) groups is 9. The number of oxime groups is 2. The molecule has 5 atom stereocenters. The molecule has 5 aliphatic rings. The Morgan fingerprint density at radius 1 is 0.776 bits per heavy atom. The Morgan fingerprint density at radius 2 is 1.25 bits per heavy atom. The summed E-state index contributed by atoms with van der Waals surface area (Å²) in [6, 6.07) is -2.11. The van der Waals surface area contributed by atoms with Crippen LogP contribution in [0.5, 0.6) is 0 Å². The molecule has 0 saturated carbocycles. The fraction of sp³-hybridized carbons (Fsp3) is 0.415. The zero-order valence-corrected chi connectivity index (χ0v) is 43.9. The zero-order chi connectivity index (χ0) is 55.5. The molecule has 0 aliphatic carbocycles. The number of β-lactam (4-membered cyclic amide) rings is 2. The lowest BCUT2D eigenvalue weighted by Crippen LogP contribution is -2.71. The zero-order valence-electron chi connectivity index (χ0n) is 39.8. The SMILES string of the molecule is CC(=O)OCC1=C(C(=O)O)N2C(=O)C(NC(=O)/C(=N\OCCC(=O)O)c3csc(N)n3)[C@@H]2SC1.CCCN1C(SCC2=C(C(=O)O)N3C(=O)C(NC(=O)/C(=N\OCCC(=O)O)c4csc(N)n4)[C@@H]3SC2)=NC(N)=CC1N. The first-order chi connectivity index (χ1) is 36.1. The van der Waals surface area contributed by atoms with Crippen molar-refractivity contribution >= 4 is 138 Å². The highest BCUT2D eigenvalue weighted by molar-refractivity contribution is 8.14. The van der Waals surface area contributed by atoms with Gasteiger partial charge >= 0.3 is 29.8 Å². The molecule has 0 aromatic carbocycles. The Morgan fingerprint density at radius 3 is 1.67 bits per heavy atom. The molecule has 2 fully saturated rings. The number of amidine groups is 1. The van der Waals surface area contributed by atoms with Gasteiger partial charge in [0, 0.05) is 47.1 Å². The number of aromatic nitrogens is 2. The van der Waals surface area contributed by atoms with Gasteiger partial charge in [-0.2, -0.15) is 0 Å². The van der Waals surface area contributed by atoms with Gasteiger partial charge < -0.3 is 73.3 Å². The lowest BCUT2D eigenvalue weighted by molar-refractivity contribution is -0.150. The molecule has 0 radical (unpaired) electrons. The number of amides is 4. The summed E-state index contributed by atoms with van der Waals surface area (Å²) in [5, 5.41) is 51.9. The molecule has 0 bridgehead atoms. The molecule has 14 N–H and O–H groups in total. The average Bonchev–Trinajstić information content (AvgIpc) is 4.02. The third-order valence-corrected chi connectivity index (χ3v) is 15.7. The lowest BCUT2D eigenvalue weighted by Gasteiger charge is -2.49. The van der Waals surface area contributed by atoms with Gasteiger partial charge in [0.25, 0.3) is 23.6 Å². The highest BCUT2D eigenvalue weighted by Crippen LogP contribution is 2.42. The van der Waals surface area contributed by atoms with Gasteiger partial charge in [0.05, 0.1) is 12.8 Å². The Labute approximate surface area is 450 Å². The van der Waals surface area contributed by atoms with Crippen molar-refractivity contribution in [2.75, 3.05) is 55.1 Å². The highest BCUT2D eigenvalue weighted by Gasteiger charge is 2.56. The third kappa shape index (κ3) is 13.9. The molecule has 76 heavy (non-hydrogen) atoms. The van der Waals surface area contributed by atoms with Crippen LogP contribution in [0.4, 0.5) is 10.3 Å². The van der Waals surface area contributed by atoms with Crippen molar-refractivity contribution in [3.8, 4) is 0 Å². The van der Waals surface area contributed by atoms with E-state index < -0.39 is 82.5 Å². The van der Waals surface area contributed by atoms with Crippen LogP contribution in [0.1, 0.15) is 44.5 Å². The maximum atomic E-state index is 13.2. The average molecular weight is 1150 g/mol. The minimum atomic E-state index is -1.36. The number of esters is 1. The number of nitrogens with two attached hydrogens (primary N) is 4. The van der Waals surface area contributed by atoms with Gasteiger partial charge in [0.15, 0.2) is 26.9 Å². The summed E-state index contributed by atoms with van der Waals surface area (Å²) in [5.41, 5.74) is 23.2. The molecule has 2 aromatic rings. The summed E-state index contributed by atoms with van der Waals surface area (Å²) in [6.45, 7) is 2.93. The maximum Gasteiger partial charge on any atom is 0.352 e. The van der Waals surface area contributed by atoms with E-state index in [1.807, 2.05) is 11.8 Å². The van der Waals surface area contributed by atoms with E-state index in [1.54, 1.807) is 6.08 Å². The third-order valence-electron chi connectivity index (χ3n) is 10.6. The monoisotopic (exact) mass is 1150 g/mol. The fourth-order valence-electron chi connectivity index (χ4n) is 7.24. The topological polar surface area (TPSA) is 463 Å². The van der Waals surface area contributed by atoms with E-state index in [2.05, 4.69) is 35.9 Å². The number of rotatable bonds is 22. The molecule has 7 heterocycles. The number of carbonyl (C=O) groups excluding carboxylic acids is 5. The van der Waals surface area contributed by atoms with Crippen LogP contribution in [-0.4, -0.2) is 188 Å². The number of hydrogen-bond donors (Lipinski definition) is 10. The summed E-state index contributed by atoms with van der Waals surface area (Å²) in [7, 11) is 0. The van der Waals surface area contributed by atoms with E-state index in [-0.39, 0.29) is 106 Å². The minimum Gasteiger partial charge on any atom is -0.481 e. The van der Waals surface area contributed by atoms with Crippen LogP contribution in [0.25, 0.3) is 0 Å². The number of anilines is 2. The smallest absolute Gasteiger partial charge is 0.352 e. The summed E-state index contributed by atoms with van der Waals surface area (Å²) < 4.78 is 4.88. The maximum absolute atomic E-state index is 13.2. The summed E-state index contributed by atoms with van der Waals surface area (Å²) >= 11 is 5.86. The van der Waals surface area contributed by atoms with Gasteiger partial charge in [0.1, 0.15) is 77.4 Å². The molecule has 30 nitrogen and oxygen atoms in total. The van der Waals surface area contributed by atoms with Gasteiger partial charge in [-0.05, 0) is 18.1 Å². The normalized spacial score (nSPS) is 21.1. The quantitative estimate of drug-likeness (QED) is 0.0217. The van der Waals surface area contributed by atoms with E-state index in [9.17, 15) is 53.4 Å². The first kappa shape index (κ1) is 57.8. The standard InChI is InChI=1S/C23H29N9O7S3.C18H19N5O9S2/c1-2-4-31-13(25)6-12(24)28-23(31)42-8-10-7-40-20-16(19(36)32(20)17(10)21(37)38)29-18(35)15(11-9-41-22(26)27-11)30-39-5-3-14(33)34;1-7(24)31-4-8-5-33-16-12(15(28)23(16)13(8)17(29)30)21-14(27)11(9-6-34-18(19)20-9)22-32-3-2-10(25)26/h6,9,13,16,20H,2-5,7-8,24-25H2,1H3,(H2,26,27)(H,29,35)(H,33,34)(H,37,38);6,12,16H,2-5H2,1H3,(H2,19,20)(H,21,27)(H,25,26)(H,29,30)/b30-15-;22-11-/t13?,16?,20-;12?,16-/m00/s1. The highest BCUT2D eigenvalue weighted by atomic mass is 32.2. The van der Waals surface area contributed by atoms with Crippen molar-refractivity contribution in [2.45, 2.75) is 62.1 Å². The molecule has 3 unspecified atom stereocenters. The Bertz CT molecular complexity index is 2870. The molecule has 408 valence electrons. The second kappa shape index (κ2) is 25.9. The predicted molar refractivity (Wildman–Crippen MR) is 276 cm³/mol. The molecule has 35 heteroatoms. The van der Waals surface area contributed by atoms with Crippen molar-refractivity contribution < 1.29 is 78.0 Å². The van der Waals surface area contributed by atoms with E-state index in [0.29, 0.717) is 17.3 Å². The first-order valence-electron chi connectivity index (χ1n) is 22.1. The van der Waals surface area contributed by atoms with Gasteiger partial charge in [0.2, 0.25) is 0 Å². The number of thiazole rings is 2. The summed E-state index contributed by atoms with van der Waals surface area (Å²) in [4.78, 5) is 135. The molecule has 5 aliphatic heterocycles. The van der Waals surface area contributed by atoms with Crippen LogP contribution in [-0.2, 0) is 57.6 Å². The number of ether oxygens (including phenoxy) is 1. The van der Waals surface area contributed by atoms with Crippen molar-refractivity contribution in [2.24, 2.45) is 26.8 Å². The number of nitrogen functional groups attached to an aromatic ring is 2. The Kier molecular flexibility index (Phi) is 19.7. The van der Waals surface area contributed by atoms with Gasteiger partial charge in [-0.1, -0.05) is 29.0 Å². The number of nitrogens with zero attached hydrogens (tertiary/aromatic N) is 8. The lowest BCUT2D eigenvalue weighted by atomic mass is 10.0. The Balaban J connectivity index is 0.000000252. The second-order valence-corrected chi connectivity index (χ2v) is 20.9. The van der Waals surface area contributed by atoms with Crippen LogP contribution < -0.4 is 33.6 Å². The second-order valence-electron chi connectivity index (χ2n) is 16.0. The van der Waals surface area contributed by atoms with Crippen molar-refractivity contribution in [3.63, 3.8) is 0 Å². The van der Waals surface area contributed by atoms with Crippen LogP contribution in [0.2, 0.25) is 0 Å². The van der Waals surface area contributed by atoms with Crippen molar-refractivity contribution in [1.82, 2.24) is 35.3 Å². The van der Waals surface area contributed by atoms with Crippen LogP contribution >= 0.6 is 58.0 Å². The number of thioether (sulfide) groups is 3. The van der Waals surface area contributed by atoms with E-state index in [4.69, 9.17) is 47.6 Å². The molecular formula is C41H48N14O16S5. The van der Waals surface area contributed by atoms with Crippen LogP contribution in [0.3, 0.4) is 0 Å². The number of carboxylic acid groups (broad SMARTS) is 4. The number of carboxylic acids is 4. The molecule has 0 spiro atoms. The van der Waals surface area contributed by atoms with Crippen LogP contribution in [0.15, 0.2) is 60.5 Å². The number of fused-ring (bicyclic) bond motifs is 2. The van der Waals surface area contributed by atoms with Crippen molar-refractivity contribution in [1.29, 1.82) is 0 Å². The largest absolute Gasteiger partial charge is 0.481 e. The molecule has 7 rings (SSSR count). The number of aliphatic carboxylic acids is 4. The molecule has 2 aromatic heterocycles. The molecular weight excluding hydrogens is 1100 g/mol. The number of hydrogen-bond acceptors (Lipinski definition) is 27. The van der Waals surface area contributed by atoms with Gasteiger partial charge in [-0.25, -0.2) is 24.5 Å². The number of aliphatic imine (C=N–C) groups is 1. The molecule has 4 amide bonds.